The second-order valence-corrected chi connectivity index (χ2v) is 7.56. The molecule has 1 aromatic carbocycles. The zero-order chi connectivity index (χ0) is 19.3. The van der Waals surface area contributed by atoms with E-state index in [-0.39, 0.29) is 6.09 Å². The molecule has 144 valence electrons. The summed E-state index contributed by atoms with van der Waals surface area (Å²) in [5, 5.41) is 3.33. The van der Waals surface area contributed by atoms with Gasteiger partial charge in [0.1, 0.15) is 23.6 Å². The molecule has 2 aromatic rings. The zero-order valence-corrected chi connectivity index (χ0v) is 16.2. The lowest BCUT2D eigenvalue weighted by atomic mass is 10.2. The van der Waals surface area contributed by atoms with Crippen LogP contribution < -0.4 is 10.2 Å². The average molecular weight is 369 g/mol. The summed E-state index contributed by atoms with van der Waals surface area (Å²) in [7, 11) is 0. The molecule has 3 rings (SSSR count). The molecule has 1 aromatic heterocycles. The topological polar surface area (TPSA) is 70.6 Å². The van der Waals surface area contributed by atoms with Crippen LogP contribution in [0.4, 0.5) is 16.4 Å². The smallest absolute Gasteiger partial charge is 0.410 e. The standard InChI is InChI=1S/C20H27N5O2/c1-20(2,3)27-19(26)25-11-9-24(10-12-25)18-13-17(22-15-23-18)21-14-16-7-5-4-6-8-16/h4-8,13,15H,9-12,14H2,1-3H3,(H,21,22,23). The number of amides is 1. The SMILES string of the molecule is CC(C)(C)OC(=O)N1CCN(c2cc(NCc3ccccc3)ncn2)CC1. The number of carbonyl (C=O) groups is 1. The molecular weight excluding hydrogens is 342 g/mol. The summed E-state index contributed by atoms with van der Waals surface area (Å²) in [4.78, 5) is 24.8. The third-order valence-corrected chi connectivity index (χ3v) is 4.22. The molecular formula is C20H27N5O2. The van der Waals surface area contributed by atoms with Crippen LogP contribution in [0.3, 0.4) is 0 Å². The summed E-state index contributed by atoms with van der Waals surface area (Å²) < 4.78 is 5.44. The van der Waals surface area contributed by atoms with Crippen LogP contribution in [-0.2, 0) is 11.3 Å². The third kappa shape index (κ3) is 5.57. The first kappa shape index (κ1) is 18.9. The second kappa shape index (κ2) is 8.24. The highest BCUT2D eigenvalue weighted by atomic mass is 16.6. The summed E-state index contributed by atoms with van der Waals surface area (Å²) in [6, 6.07) is 12.1. The quantitative estimate of drug-likeness (QED) is 0.893. The van der Waals surface area contributed by atoms with E-state index < -0.39 is 5.60 Å². The van der Waals surface area contributed by atoms with E-state index in [2.05, 4.69) is 32.3 Å². The minimum atomic E-state index is -0.472. The van der Waals surface area contributed by atoms with Crippen molar-refractivity contribution >= 4 is 17.7 Å². The first-order valence-corrected chi connectivity index (χ1v) is 9.23. The van der Waals surface area contributed by atoms with Crippen molar-refractivity contribution in [2.45, 2.75) is 32.9 Å². The molecule has 1 N–H and O–H groups in total. The van der Waals surface area contributed by atoms with Gasteiger partial charge in [-0.25, -0.2) is 14.8 Å². The normalized spacial score (nSPS) is 14.8. The van der Waals surface area contributed by atoms with Crippen molar-refractivity contribution in [3.05, 3.63) is 48.3 Å². The Hall–Kier alpha value is -2.83. The lowest BCUT2D eigenvalue weighted by Crippen LogP contribution is -2.50. The first-order chi connectivity index (χ1) is 12.9. The number of nitrogens with one attached hydrogen (secondary N) is 1. The molecule has 2 heterocycles. The number of nitrogens with zero attached hydrogens (tertiary/aromatic N) is 4. The largest absolute Gasteiger partial charge is 0.444 e. The number of piperazine rings is 1. The van der Waals surface area contributed by atoms with Crippen LogP contribution in [0, 0.1) is 0 Å². The van der Waals surface area contributed by atoms with Gasteiger partial charge in [0.15, 0.2) is 0 Å². The summed E-state index contributed by atoms with van der Waals surface area (Å²) in [6.45, 7) is 9.02. The van der Waals surface area contributed by atoms with Gasteiger partial charge in [0.05, 0.1) is 0 Å². The van der Waals surface area contributed by atoms with Crippen LogP contribution in [0.2, 0.25) is 0 Å². The number of ether oxygens (including phenoxy) is 1. The van der Waals surface area contributed by atoms with Gasteiger partial charge in [0, 0.05) is 38.8 Å². The highest BCUT2D eigenvalue weighted by Crippen LogP contribution is 2.18. The van der Waals surface area contributed by atoms with Crippen molar-refractivity contribution in [2.75, 3.05) is 36.4 Å². The summed E-state index contributed by atoms with van der Waals surface area (Å²) >= 11 is 0. The summed E-state index contributed by atoms with van der Waals surface area (Å²) in [5.74, 6) is 1.66. The first-order valence-electron chi connectivity index (χ1n) is 9.23. The fourth-order valence-corrected chi connectivity index (χ4v) is 2.85. The van der Waals surface area contributed by atoms with E-state index in [4.69, 9.17) is 4.74 Å². The minimum Gasteiger partial charge on any atom is -0.444 e. The number of anilines is 2. The van der Waals surface area contributed by atoms with Gasteiger partial charge in [-0.3, -0.25) is 0 Å². The molecule has 0 aliphatic carbocycles. The number of aromatic nitrogens is 2. The van der Waals surface area contributed by atoms with Crippen LogP contribution in [0.25, 0.3) is 0 Å². The van der Waals surface area contributed by atoms with E-state index in [9.17, 15) is 4.79 Å². The lowest BCUT2D eigenvalue weighted by molar-refractivity contribution is 0.0240. The van der Waals surface area contributed by atoms with Gasteiger partial charge in [-0.1, -0.05) is 30.3 Å². The minimum absolute atomic E-state index is 0.255. The molecule has 1 fully saturated rings. The van der Waals surface area contributed by atoms with Crippen LogP contribution in [-0.4, -0.2) is 52.7 Å². The van der Waals surface area contributed by atoms with Gasteiger partial charge < -0.3 is 19.9 Å². The monoisotopic (exact) mass is 369 g/mol. The molecule has 0 bridgehead atoms. The Morgan fingerprint density at radius 1 is 1.11 bits per heavy atom. The molecule has 0 radical (unpaired) electrons. The van der Waals surface area contributed by atoms with E-state index in [1.165, 1.54) is 5.56 Å². The van der Waals surface area contributed by atoms with Crippen molar-refractivity contribution in [3.8, 4) is 0 Å². The molecule has 1 amide bonds. The number of carbonyl (C=O) groups excluding carboxylic acids is 1. The number of benzene rings is 1. The van der Waals surface area contributed by atoms with Crippen molar-refractivity contribution in [2.24, 2.45) is 0 Å². The third-order valence-electron chi connectivity index (χ3n) is 4.22. The van der Waals surface area contributed by atoms with E-state index in [1.807, 2.05) is 45.0 Å². The molecule has 1 saturated heterocycles. The Bertz CT molecular complexity index is 752. The van der Waals surface area contributed by atoms with Gasteiger partial charge in [-0.15, -0.1) is 0 Å². The van der Waals surface area contributed by atoms with Crippen molar-refractivity contribution < 1.29 is 9.53 Å². The van der Waals surface area contributed by atoms with E-state index >= 15 is 0 Å². The molecule has 27 heavy (non-hydrogen) atoms. The highest BCUT2D eigenvalue weighted by Gasteiger charge is 2.26. The van der Waals surface area contributed by atoms with Gasteiger partial charge in [-0.2, -0.15) is 0 Å². The Morgan fingerprint density at radius 2 is 1.81 bits per heavy atom. The van der Waals surface area contributed by atoms with E-state index in [1.54, 1.807) is 11.2 Å². The molecule has 0 saturated carbocycles. The molecule has 0 spiro atoms. The maximum Gasteiger partial charge on any atom is 0.410 e. The fraction of sp³-hybridized carbons (Fsp3) is 0.450. The predicted octanol–water partition coefficient (Wildman–Crippen LogP) is 3.15. The van der Waals surface area contributed by atoms with Crippen LogP contribution in [0.5, 0.6) is 0 Å². The Morgan fingerprint density at radius 3 is 2.48 bits per heavy atom. The molecule has 1 aliphatic heterocycles. The Kier molecular flexibility index (Phi) is 5.78. The number of hydrogen-bond acceptors (Lipinski definition) is 6. The number of rotatable bonds is 4. The van der Waals surface area contributed by atoms with Gasteiger partial charge in [-0.05, 0) is 26.3 Å². The van der Waals surface area contributed by atoms with Crippen molar-refractivity contribution in [1.29, 1.82) is 0 Å². The van der Waals surface area contributed by atoms with Crippen LogP contribution in [0.15, 0.2) is 42.7 Å². The van der Waals surface area contributed by atoms with Crippen molar-refractivity contribution in [3.63, 3.8) is 0 Å². The van der Waals surface area contributed by atoms with Crippen LogP contribution >= 0.6 is 0 Å². The molecule has 1 aliphatic rings. The van der Waals surface area contributed by atoms with E-state index in [0.29, 0.717) is 32.7 Å². The molecule has 7 nitrogen and oxygen atoms in total. The number of hydrogen-bond donors (Lipinski definition) is 1. The Balaban J connectivity index is 1.54. The molecule has 0 unspecified atom stereocenters. The predicted molar refractivity (Wildman–Crippen MR) is 106 cm³/mol. The van der Waals surface area contributed by atoms with Gasteiger partial charge in [0.25, 0.3) is 0 Å². The maximum atomic E-state index is 12.2. The highest BCUT2D eigenvalue weighted by molar-refractivity contribution is 5.68. The van der Waals surface area contributed by atoms with Gasteiger partial charge >= 0.3 is 6.09 Å². The fourth-order valence-electron chi connectivity index (χ4n) is 2.85. The molecule has 7 heteroatoms. The maximum absolute atomic E-state index is 12.2. The Labute approximate surface area is 160 Å². The summed E-state index contributed by atoms with van der Waals surface area (Å²) in [6.07, 6.45) is 1.32. The van der Waals surface area contributed by atoms with Crippen molar-refractivity contribution in [1.82, 2.24) is 14.9 Å². The van der Waals surface area contributed by atoms with E-state index in [0.717, 1.165) is 11.6 Å². The summed E-state index contributed by atoms with van der Waals surface area (Å²) in [5.41, 5.74) is 0.726. The lowest BCUT2D eigenvalue weighted by Gasteiger charge is -2.36. The van der Waals surface area contributed by atoms with Crippen LogP contribution in [0.1, 0.15) is 26.3 Å². The zero-order valence-electron chi connectivity index (χ0n) is 16.2. The van der Waals surface area contributed by atoms with Gasteiger partial charge in [0.2, 0.25) is 0 Å². The molecule has 0 atom stereocenters. The average Bonchev–Trinajstić information content (AvgIpc) is 2.66. The second-order valence-electron chi connectivity index (χ2n) is 7.56.